The van der Waals surface area contributed by atoms with Crippen molar-refractivity contribution in [3.05, 3.63) is 50.3 Å². The van der Waals surface area contributed by atoms with Crippen LogP contribution in [0.5, 0.6) is 0 Å². The minimum atomic E-state index is -0.629. The Morgan fingerprint density at radius 1 is 1.37 bits per heavy atom. The lowest BCUT2D eigenvalue weighted by molar-refractivity contribution is -0.384. The quantitative estimate of drug-likeness (QED) is 0.379. The van der Waals surface area contributed by atoms with Gasteiger partial charge in [-0.05, 0) is 17.3 Å². The highest BCUT2D eigenvalue weighted by molar-refractivity contribution is 7.58. The molecule has 94 valence electrons. The third-order valence-corrected chi connectivity index (χ3v) is 2.55. The van der Waals surface area contributed by atoms with E-state index < -0.39 is 10.5 Å². The average Bonchev–Trinajstić information content (AvgIpc) is 2.38. The van der Waals surface area contributed by atoms with Gasteiger partial charge in [-0.2, -0.15) is 5.26 Å². The monoisotopic (exact) mass is 273 g/mol. The molecule has 1 aromatic carbocycles. The van der Waals surface area contributed by atoms with E-state index in [9.17, 15) is 14.9 Å². The van der Waals surface area contributed by atoms with Crippen LogP contribution in [0.1, 0.15) is 5.56 Å². The number of nitriles is 1. The smallest absolute Gasteiger partial charge is 0.269 e. The molecule has 7 nitrogen and oxygen atoms in total. The Morgan fingerprint density at radius 2 is 2.00 bits per heavy atom. The Hall–Kier alpha value is -2.79. The third kappa shape index (κ3) is 2.41. The standard InChI is InChI=1S/C11H6N4O3S/c12-5-8-9(13-11(19)14-10(8)16)6-1-3-7(4-2-6)15(17)18/h1-4H,(H2,13,14,16,19)/p-1. The van der Waals surface area contributed by atoms with Crippen molar-refractivity contribution >= 4 is 18.3 Å². The number of rotatable bonds is 2. The molecule has 0 fully saturated rings. The lowest BCUT2D eigenvalue weighted by atomic mass is 10.1. The van der Waals surface area contributed by atoms with Crippen LogP contribution < -0.4 is 5.56 Å². The number of H-pyrrole nitrogens is 1. The van der Waals surface area contributed by atoms with Gasteiger partial charge in [0, 0.05) is 17.7 Å². The van der Waals surface area contributed by atoms with Crippen LogP contribution in [0.25, 0.3) is 11.3 Å². The van der Waals surface area contributed by atoms with Crippen LogP contribution in [-0.4, -0.2) is 14.9 Å². The van der Waals surface area contributed by atoms with Crippen molar-refractivity contribution in [1.82, 2.24) is 9.97 Å². The Morgan fingerprint density at radius 3 is 2.53 bits per heavy atom. The molecule has 2 rings (SSSR count). The maximum absolute atomic E-state index is 11.5. The molecule has 0 radical (unpaired) electrons. The number of hydrogen-bond donors (Lipinski definition) is 1. The molecule has 8 heteroatoms. The normalized spacial score (nSPS) is 9.84. The van der Waals surface area contributed by atoms with Gasteiger partial charge in [-0.3, -0.25) is 19.9 Å². The number of nitrogens with zero attached hydrogens (tertiary/aromatic N) is 3. The molecule has 0 amide bonds. The number of nitro benzene ring substituents is 1. The highest BCUT2D eigenvalue weighted by atomic mass is 32.1. The van der Waals surface area contributed by atoms with E-state index in [1.54, 1.807) is 6.07 Å². The lowest BCUT2D eigenvalue weighted by Crippen LogP contribution is -2.14. The predicted molar refractivity (Wildman–Crippen MR) is 67.3 cm³/mol. The maximum atomic E-state index is 11.5. The van der Waals surface area contributed by atoms with Gasteiger partial charge in [0.15, 0.2) is 0 Å². The van der Waals surface area contributed by atoms with Crippen LogP contribution in [0.15, 0.2) is 34.2 Å². The fourth-order valence-corrected chi connectivity index (χ4v) is 1.69. The number of nitrogens with one attached hydrogen (secondary N) is 1. The van der Waals surface area contributed by atoms with Crippen LogP contribution in [0.3, 0.4) is 0 Å². The van der Waals surface area contributed by atoms with Crippen molar-refractivity contribution in [1.29, 1.82) is 5.26 Å². The molecule has 0 unspecified atom stereocenters. The number of non-ortho nitro benzene ring substituents is 1. The lowest BCUT2D eigenvalue weighted by Gasteiger charge is -2.08. The highest BCUT2D eigenvalue weighted by Crippen LogP contribution is 2.22. The van der Waals surface area contributed by atoms with Gasteiger partial charge in [-0.15, -0.1) is 0 Å². The molecule has 1 aromatic heterocycles. The second kappa shape index (κ2) is 4.83. The van der Waals surface area contributed by atoms with Crippen LogP contribution in [0.2, 0.25) is 0 Å². The third-order valence-electron chi connectivity index (χ3n) is 2.36. The summed E-state index contributed by atoms with van der Waals surface area (Å²) in [5, 5.41) is 19.4. The second-order valence-electron chi connectivity index (χ2n) is 3.51. The molecule has 19 heavy (non-hydrogen) atoms. The molecule has 0 saturated heterocycles. The first kappa shape index (κ1) is 12.7. The molecule has 0 aliphatic carbocycles. The minimum absolute atomic E-state index is 0.0441. The van der Waals surface area contributed by atoms with Gasteiger partial charge in [0.1, 0.15) is 11.6 Å². The first-order valence-corrected chi connectivity index (χ1v) is 5.40. The summed E-state index contributed by atoms with van der Waals surface area (Å²) in [6.45, 7) is 0. The Bertz CT molecular complexity index is 746. The van der Waals surface area contributed by atoms with E-state index in [4.69, 9.17) is 17.9 Å². The molecule has 0 aliphatic rings. The van der Waals surface area contributed by atoms with Crippen LogP contribution in [0.4, 0.5) is 5.69 Å². The summed E-state index contributed by atoms with van der Waals surface area (Å²) in [5.41, 5.74) is -0.366. The van der Waals surface area contributed by atoms with Crippen molar-refractivity contribution in [2.45, 2.75) is 5.16 Å². The fourth-order valence-electron chi connectivity index (χ4n) is 1.51. The molecule has 0 aliphatic heterocycles. The maximum Gasteiger partial charge on any atom is 0.269 e. The summed E-state index contributed by atoms with van der Waals surface area (Å²) < 4.78 is 0. The predicted octanol–water partition coefficient (Wildman–Crippen LogP) is 1.12. The van der Waals surface area contributed by atoms with Crippen LogP contribution in [0, 0.1) is 21.4 Å². The number of hydrogen-bond acceptors (Lipinski definition) is 6. The van der Waals surface area contributed by atoms with Crippen molar-refractivity contribution in [2.75, 3.05) is 0 Å². The van der Waals surface area contributed by atoms with E-state index >= 15 is 0 Å². The van der Waals surface area contributed by atoms with Crippen molar-refractivity contribution in [3.8, 4) is 17.3 Å². The number of benzene rings is 1. The topological polar surface area (TPSA) is 113 Å². The average molecular weight is 273 g/mol. The molecule has 0 saturated carbocycles. The molecule has 1 N–H and O–H groups in total. The van der Waals surface area contributed by atoms with Crippen molar-refractivity contribution < 1.29 is 4.92 Å². The molecule has 1 heterocycles. The second-order valence-corrected chi connectivity index (χ2v) is 3.90. The number of aromatic amines is 1. The zero-order valence-electron chi connectivity index (χ0n) is 9.28. The van der Waals surface area contributed by atoms with Gasteiger partial charge in [0.05, 0.1) is 10.6 Å². The van der Waals surface area contributed by atoms with E-state index in [0.717, 1.165) is 0 Å². The highest BCUT2D eigenvalue weighted by Gasteiger charge is 2.12. The summed E-state index contributed by atoms with van der Waals surface area (Å²) in [6, 6.07) is 7.10. The number of nitro groups is 1. The first-order chi connectivity index (χ1) is 9.02. The van der Waals surface area contributed by atoms with E-state index in [1.807, 2.05) is 0 Å². The van der Waals surface area contributed by atoms with E-state index in [1.165, 1.54) is 24.3 Å². The first-order valence-electron chi connectivity index (χ1n) is 4.99. The van der Waals surface area contributed by atoms with E-state index in [2.05, 4.69) is 9.97 Å². The Kier molecular flexibility index (Phi) is 3.22. The summed E-state index contributed by atoms with van der Waals surface area (Å²) in [7, 11) is 0. The Balaban J connectivity index is 2.62. The summed E-state index contributed by atoms with van der Waals surface area (Å²) in [5.74, 6) is 0. The zero-order valence-corrected chi connectivity index (χ0v) is 10.1. The minimum Gasteiger partial charge on any atom is -0.742 e. The molecular formula is C11H5N4O3S-. The van der Waals surface area contributed by atoms with Gasteiger partial charge in [-0.1, -0.05) is 0 Å². The SMILES string of the molecule is N#Cc1c(-c2ccc([N+](=O)[O-])cc2)nc([S-])[nH]c1=O. The van der Waals surface area contributed by atoms with Gasteiger partial charge in [0.25, 0.3) is 11.2 Å². The summed E-state index contributed by atoms with van der Waals surface area (Å²) in [6.07, 6.45) is 0. The fraction of sp³-hybridized carbons (Fsp3) is 0. The van der Waals surface area contributed by atoms with Crippen LogP contribution >= 0.6 is 0 Å². The van der Waals surface area contributed by atoms with Crippen LogP contribution in [-0.2, 0) is 12.6 Å². The molecule has 0 spiro atoms. The molecule has 2 aromatic rings. The van der Waals surface area contributed by atoms with Crippen molar-refractivity contribution in [2.24, 2.45) is 0 Å². The van der Waals surface area contributed by atoms with Gasteiger partial charge >= 0.3 is 0 Å². The van der Waals surface area contributed by atoms with Gasteiger partial charge in [0.2, 0.25) is 0 Å². The molecular weight excluding hydrogens is 268 g/mol. The Labute approximate surface area is 112 Å². The summed E-state index contributed by atoms with van der Waals surface area (Å²) in [4.78, 5) is 27.7. The van der Waals surface area contributed by atoms with E-state index in [0.29, 0.717) is 5.56 Å². The summed E-state index contributed by atoms with van der Waals surface area (Å²) >= 11 is 4.78. The van der Waals surface area contributed by atoms with Gasteiger partial charge in [-0.25, -0.2) is 0 Å². The zero-order chi connectivity index (χ0) is 14.0. The molecule has 0 atom stereocenters. The van der Waals surface area contributed by atoms with Gasteiger partial charge < -0.3 is 17.6 Å². The van der Waals surface area contributed by atoms with E-state index in [-0.39, 0.29) is 22.1 Å². The van der Waals surface area contributed by atoms with Crippen molar-refractivity contribution in [3.63, 3.8) is 0 Å². The molecule has 0 bridgehead atoms. The number of aromatic nitrogens is 2. The largest absolute Gasteiger partial charge is 0.742 e.